The predicted octanol–water partition coefficient (Wildman–Crippen LogP) is 5.08. The molecule has 196 valence electrons. The highest BCUT2D eigenvalue weighted by atomic mass is 16.5. The van der Waals surface area contributed by atoms with Crippen LogP contribution in [0.3, 0.4) is 0 Å². The molecule has 0 spiro atoms. The second-order valence-corrected chi connectivity index (χ2v) is 10.4. The van der Waals surface area contributed by atoms with Gasteiger partial charge in [-0.2, -0.15) is 0 Å². The van der Waals surface area contributed by atoms with E-state index in [-0.39, 0.29) is 37.1 Å². The van der Waals surface area contributed by atoms with Crippen LogP contribution in [0.15, 0.2) is 42.5 Å². The van der Waals surface area contributed by atoms with E-state index in [9.17, 15) is 19.8 Å². The summed E-state index contributed by atoms with van der Waals surface area (Å²) in [6, 6.07) is 13.4. The molecule has 4 atom stereocenters. The molecule has 1 saturated carbocycles. The molecule has 1 aromatic heterocycles. The minimum atomic E-state index is -0.880. The molecule has 5 rings (SSSR count). The Morgan fingerprint density at radius 1 is 1.14 bits per heavy atom. The molecule has 37 heavy (non-hydrogen) atoms. The van der Waals surface area contributed by atoms with Crippen molar-refractivity contribution in [3.8, 4) is 0 Å². The monoisotopic (exact) mass is 505 g/mol. The lowest BCUT2D eigenvalue weighted by Gasteiger charge is -2.34. The van der Waals surface area contributed by atoms with Crippen molar-refractivity contribution in [3.63, 3.8) is 0 Å². The summed E-state index contributed by atoms with van der Waals surface area (Å²) >= 11 is 0. The van der Waals surface area contributed by atoms with Gasteiger partial charge in [-0.3, -0.25) is 9.69 Å². The second-order valence-electron chi connectivity index (χ2n) is 10.4. The number of benzene rings is 2. The Kier molecular flexibility index (Phi) is 7.20. The van der Waals surface area contributed by atoms with Gasteiger partial charge in [-0.05, 0) is 62.6 Å². The number of aliphatic hydroxyl groups is 1. The number of amides is 1. The third kappa shape index (κ3) is 4.70. The highest BCUT2D eigenvalue weighted by Crippen LogP contribution is 2.41. The number of ether oxygens (including phenoxy) is 1. The molecule has 1 fully saturated rings. The number of carbonyl (C=O) groups is 2. The Labute approximate surface area is 216 Å². The first-order valence-corrected chi connectivity index (χ1v) is 13.2. The highest BCUT2D eigenvalue weighted by Gasteiger charge is 2.34. The molecule has 3 aromatic rings. The fraction of sp³-hybridized carbons (Fsp3) is 0.483. The molecule has 1 aliphatic heterocycles. The molecule has 0 unspecified atom stereocenters. The maximum atomic E-state index is 12.6. The first-order chi connectivity index (χ1) is 17.9. The van der Waals surface area contributed by atoms with Gasteiger partial charge in [0.1, 0.15) is 5.82 Å². The van der Waals surface area contributed by atoms with E-state index < -0.39 is 11.9 Å². The number of anilines is 1. The van der Waals surface area contributed by atoms with E-state index in [1.807, 2.05) is 49.4 Å². The molecular formula is C29H35N3O5. The highest BCUT2D eigenvalue weighted by molar-refractivity contribution is 5.95. The Hall–Kier alpha value is -3.39. The molecule has 2 aliphatic rings. The number of nitrogens with zero attached hydrogens (tertiary/aromatic N) is 3. The van der Waals surface area contributed by atoms with E-state index in [2.05, 4.69) is 4.57 Å². The van der Waals surface area contributed by atoms with Crippen LogP contribution in [0.1, 0.15) is 67.9 Å². The van der Waals surface area contributed by atoms with Crippen molar-refractivity contribution in [1.82, 2.24) is 9.55 Å². The largest absolute Gasteiger partial charge is 0.481 e. The van der Waals surface area contributed by atoms with Crippen molar-refractivity contribution in [2.24, 2.45) is 5.92 Å². The minimum Gasteiger partial charge on any atom is -0.481 e. The SMILES string of the molecule is COC(=O)N1c2ccc3c(nc(C[C@H](C(=O)O)c4ccccc4)n3[C@@H]3CCC[C@H](CO)C3)c2CC[C@@H]1C. The second kappa shape index (κ2) is 10.5. The van der Waals surface area contributed by atoms with Gasteiger partial charge in [0.15, 0.2) is 0 Å². The summed E-state index contributed by atoms with van der Waals surface area (Å²) in [5, 5.41) is 20.1. The smallest absolute Gasteiger partial charge is 0.414 e. The van der Waals surface area contributed by atoms with E-state index in [0.717, 1.165) is 72.2 Å². The molecule has 0 bridgehead atoms. The number of aliphatic hydroxyl groups excluding tert-OH is 1. The van der Waals surface area contributed by atoms with E-state index >= 15 is 0 Å². The number of carboxylic acid groups (broad SMARTS) is 1. The van der Waals surface area contributed by atoms with Crippen LogP contribution in [-0.2, 0) is 22.4 Å². The lowest BCUT2D eigenvalue weighted by Crippen LogP contribution is -2.42. The van der Waals surface area contributed by atoms with Crippen LogP contribution >= 0.6 is 0 Å². The van der Waals surface area contributed by atoms with Crippen LogP contribution in [0.5, 0.6) is 0 Å². The summed E-state index contributed by atoms with van der Waals surface area (Å²) in [4.78, 5) is 31.8. The fourth-order valence-electron chi connectivity index (χ4n) is 6.25. The van der Waals surface area contributed by atoms with Crippen LogP contribution in [0.25, 0.3) is 11.0 Å². The number of imidazole rings is 1. The van der Waals surface area contributed by atoms with Gasteiger partial charge in [0.2, 0.25) is 0 Å². The van der Waals surface area contributed by atoms with Gasteiger partial charge in [-0.25, -0.2) is 9.78 Å². The van der Waals surface area contributed by atoms with Gasteiger partial charge in [-0.15, -0.1) is 0 Å². The zero-order chi connectivity index (χ0) is 26.1. The number of carbonyl (C=O) groups excluding carboxylic acids is 1. The molecule has 8 nitrogen and oxygen atoms in total. The maximum absolute atomic E-state index is 12.6. The van der Waals surface area contributed by atoms with E-state index in [1.165, 1.54) is 7.11 Å². The zero-order valence-corrected chi connectivity index (χ0v) is 21.5. The van der Waals surface area contributed by atoms with Crippen molar-refractivity contribution in [2.45, 2.75) is 69.9 Å². The van der Waals surface area contributed by atoms with Gasteiger partial charge in [0.05, 0.1) is 29.7 Å². The molecule has 0 saturated heterocycles. The summed E-state index contributed by atoms with van der Waals surface area (Å²) in [6.07, 6.45) is 5.25. The number of rotatable bonds is 6. The van der Waals surface area contributed by atoms with Gasteiger partial charge < -0.3 is 19.5 Å². The van der Waals surface area contributed by atoms with Crippen molar-refractivity contribution in [2.75, 3.05) is 18.6 Å². The Bertz CT molecular complexity index is 1290. The predicted molar refractivity (Wildman–Crippen MR) is 141 cm³/mol. The van der Waals surface area contributed by atoms with Crippen LogP contribution < -0.4 is 4.90 Å². The molecular weight excluding hydrogens is 470 g/mol. The number of hydrogen-bond acceptors (Lipinski definition) is 5. The van der Waals surface area contributed by atoms with Gasteiger partial charge in [-0.1, -0.05) is 36.8 Å². The average molecular weight is 506 g/mol. The molecule has 1 aliphatic carbocycles. The summed E-state index contributed by atoms with van der Waals surface area (Å²) in [5.74, 6) is -0.640. The summed E-state index contributed by atoms with van der Waals surface area (Å²) in [5.41, 5.74) is 4.36. The Balaban J connectivity index is 1.66. The third-order valence-electron chi connectivity index (χ3n) is 8.16. The first kappa shape index (κ1) is 25.3. The molecule has 2 aromatic carbocycles. The molecule has 8 heteroatoms. The number of methoxy groups -OCH3 is 1. The number of aryl methyl sites for hydroxylation is 1. The molecule has 2 N–H and O–H groups in total. The number of fused-ring (bicyclic) bond motifs is 3. The zero-order valence-electron chi connectivity index (χ0n) is 21.5. The third-order valence-corrected chi connectivity index (χ3v) is 8.16. The van der Waals surface area contributed by atoms with Gasteiger partial charge in [0, 0.05) is 30.7 Å². The number of aliphatic carboxylic acids is 1. The van der Waals surface area contributed by atoms with Crippen LogP contribution in [0.4, 0.5) is 10.5 Å². The fourth-order valence-corrected chi connectivity index (χ4v) is 6.25. The van der Waals surface area contributed by atoms with Crippen molar-refractivity contribution in [1.29, 1.82) is 0 Å². The molecule has 1 amide bonds. The molecule has 0 radical (unpaired) electrons. The van der Waals surface area contributed by atoms with Crippen LogP contribution in [0, 0.1) is 5.92 Å². The van der Waals surface area contributed by atoms with Crippen LogP contribution in [-0.4, -0.2) is 51.6 Å². The lowest BCUT2D eigenvalue weighted by atomic mass is 9.85. The first-order valence-electron chi connectivity index (χ1n) is 13.2. The van der Waals surface area contributed by atoms with E-state index in [4.69, 9.17) is 9.72 Å². The van der Waals surface area contributed by atoms with Gasteiger partial charge >= 0.3 is 12.1 Å². The normalized spacial score (nSPS) is 22.5. The lowest BCUT2D eigenvalue weighted by molar-refractivity contribution is -0.138. The van der Waals surface area contributed by atoms with Crippen molar-refractivity contribution < 1.29 is 24.5 Å². The summed E-state index contributed by atoms with van der Waals surface area (Å²) < 4.78 is 7.31. The minimum absolute atomic E-state index is 0.0112. The van der Waals surface area contributed by atoms with E-state index in [1.54, 1.807) is 4.90 Å². The molecule has 2 heterocycles. The van der Waals surface area contributed by atoms with Crippen molar-refractivity contribution in [3.05, 3.63) is 59.4 Å². The van der Waals surface area contributed by atoms with Crippen molar-refractivity contribution >= 4 is 28.8 Å². The summed E-state index contributed by atoms with van der Waals surface area (Å²) in [6.45, 7) is 2.17. The van der Waals surface area contributed by atoms with Crippen LogP contribution in [0.2, 0.25) is 0 Å². The number of hydrogen-bond donors (Lipinski definition) is 2. The summed E-state index contributed by atoms with van der Waals surface area (Å²) in [7, 11) is 1.39. The average Bonchev–Trinajstić information content (AvgIpc) is 3.30. The maximum Gasteiger partial charge on any atom is 0.414 e. The topological polar surface area (TPSA) is 105 Å². The number of aromatic nitrogens is 2. The standard InChI is InChI=1S/C29H35N3O5/c1-18-11-12-22-24(31(18)29(36)37-2)13-14-25-27(22)30-26(32(25)21-10-6-7-19(15-21)17-33)16-23(28(34)35)20-8-4-3-5-9-20/h3-5,8-9,13-14,18-19,21,23,33H,6-7,10-12,15-17H2,1-2H3,(H,34,35)/t18-,19-,21+,23-/m0/s1. The van der Waals surface area contributed by atoms with Gasteiger partial charge in [0.25, 0.3) is 0 Å². The quantitative estimate of drug-likeness (QED) is 0.484. The van der Waals surface area contributed by atoms with E-state index in [0.29, 0.717) is 0 Å². The Morgan fingerprint density at radius 2 is 1.92 bits per heavy atom. The Morgan fingerprint density at radius 3 is 2.62 bits per heavy atom. The number of carboxylic acids is 1.